The minimum Gasteiger partial charge on any atom is -0.508 e. The van der Waals surface area contributed by atoms with E-state index in [4.69, 9.17) is 4.74 Å². The van der Waals surface area contributed by atoms with Crippen molar-refractivity contribution in [3.05, 3.63) is 171 Å². The monoisotopic (exact) mass is 684 g/mol. The Morgan fingerprint density at radius 3 is 1.50 bits per heavy atom. The van der Waals surface area contributed by atoms with Gasteiger partial charge in [0.2, 0.25) is 0 Å². The van der Waals surface area contributed by atoms with Gasteiger partial charge >= 0.3 is 0 Å². The van der Waals surface area contributed by atoms with Crippen LogP contribution in [0.2, 0.25) is 0 Å². The first kappa shape index (κ1) is 31.0. The van der Waals surface area contributed by atoms with E-state index in [-0.39, 0.29) is 39.8 Å². The molecule has 1 aliphatic carbocycles. The molecule has 6 aromatic rings. The number of carbonyl (C=O) groups is 4. The number of phenols is 2. The molecule has 0 aromatic heterocycles. The minimum atomic E-state index is -0.937. The summed E-state index contributed by atoms with van der Waals surface area (Å²) in [6.07, 6.45) is 0. The molecule has 0 spiro atoms. The van der Waals surface area contributed by atoms with Gasteiger partial charge in [0.05, 0.1) is 33.4 Å². The highest BCUT2D eigenvalue weighted by Crippen LogP contribution is 2.57. The molecule has 0 saturated carbocycles. The van der Waals surface area contributed by atoms with E-state index < -0.39 is 23.1 Å². The van der Waals surface area contributed by atoms with Crippen LogP contribution in [0.5, 0.6) is 23.0 Å². The highest BCUT2D eigenvalue weighted by atomic mass is 16.5. The fraction of sp³-hybridized carbons (Fsp3) is 0.0698. The number of nitrogens with zero attached hydrogens (tertiary/aromatic N) is 2. The number of ether oxygens (including phenoxy) is 1. The molecule has 6 aromatic carbocycles. The van der Waals surface area contributed by atoms with Crippen LogP contribution in [0.3, 0.4) is 0 Å². The van der Waals surface area contributed by atoms with Crippen molar-refractivity contribution in [3.8, 4) is 34.1 Å². The number of phenolic OH excluding ortho intramolecular Hbond substituents is 2. The summed E-state index contributed by atoms with van der Waals surface area (Å²) in [6.45, 7) is 2.01. The SMILES string of the molecule is Cc1ccc(C2(c3ccc(N4C(=O)c5ccc(Oc6ccc7c(c6)C(=O)N(C)C7=O)cc5C4=O)cc3)c3cc(O)ccc3-c3ccc(O)cc32)cc1. The van der Waals surface area contributed by atoms with E-state index in [0.29, 0.717) is 17.0 Å². The molecule has 0 atom stereocenters. The van der Waals surface area contributed by atoms with Crippen LogP contribution in [0.4, 0.5) is 5.69 Å². The number of hydrogen-bond donors (Lipinski definition) is 2. The van der Waals surface area contributed by atoms with Crippen LogP contribution in [0.1, 0.15) is 69.2 Å². The quantitative estimate of drug-likeness (QED) is 0.179. The lowest BCUT2D eigenvalue weighted by Gasteiger charge is -2.34. The summed E-state index contributed by atoms with van der Waals surface area (Å²) in [5.41, 5.74) is 6.66. The number of aromatic hydroxyl groups is 2. The van der Waals surface area contributed by atoms with E-state index in [9.17, 15) is 29.4 Å². The Morgan fingerprint density at radius 2 is 0.942 bits per heavy atom. The van der Waals surface area contributed by atoms with Crippen LogP contribution >= 0.6 is 0 Å². The lowest BCUT2D eigenvalue weighted by atomic mass is 9.67. The number of rotatable bonds is 5. The van der Waals surface area contributed by atoms with Crippen molar-refractivity contribution in [3.63, 3.8) is 0 Å². The summed E-state index contributed by atoms with van der Waals surface area (Å²) in [6, 6.07) is 35.1. The summed E-state index contributed by atoms with van der Waals surface area (Å²) in [5, 5.41) is 21.5. The lowest BCUT2D eigenvalue weighted by molar-refractivity contribution is 0.0692. The molecule has 2 aliphatic heterocycles. The molecule has 0 unspecified atom stereocenters. The number of anilines is 1. The number of fused-ring (bicyclic) bond motifs is 5. The summed E-state index contributed by atoms with van der Waals surface area (Å²) in [7, 11) is 1.42. The second-order valence-electron chi connectivity index (χ2n) is 13.3. The molecule has 0 fully saturated rings. The smallest absolute Gasteiger partial charge is 0.266 e. The van der Waals surface area contributed by atoms with E-state index in [0.717, 1.165) is 48.7 Å². The molecule has 9 heteroatoms. The summed E-state index contributed by atoms with van der Waals surface area (Å²) >= 11 is 0. The Labute approximate surface area is 297 Å². The zero-order valence-electron chi connectivity index (χ0n) is 27.9. The van der Waals surface area contributed by atoms with Crippen LogP contribution < -0.4 is 9.64 Å². The maximum atomic E-state index is 13.8. The third kappa shape index (κ3) is 4.29. The zero-order valence-corrected chi connectivity index (χ0v) is 27.9. The Hall–Kier alpha value is -7.00. The molecular formula is C43H28N2O7. The first-order valence-electron chi connectivity index (χ1n) is 16.6. The summed E-state index contributed by atoms with van der Waals surface area (Å²) in [4.78, 5) is 54.5. The molecular weight excluding hydrogens is 656 g/mol. The summed E-state index contributed by atoms with van der Waals surface area (Å²) in [5.74, 6) is -1.02. The van der Waals surface area contributed by atoms with Crippen LogP contribution in [0, 0.1) is 6.92 Å². The maximum Gasteiger partial charge on any atom is 0.266 e. The molecule has 2 heterocycles. The fourth-order valence-corrected chi connectivity index (χ4v) is 7.81. The average Bonchev–Trinajstić information content (AvgIpc) is 3.65. The van der Waals surface area contributed by atoms with Crippen LogP contribution in [0.25, 0.3) is 11.1 Å². The third-order valence-corrected chi connectivity index (χ3v) is 10.3. The molecule has 0 bridgehead atoms. The number of aryl methyl sites for hydroxylation is 1. The predicted octanol–water partition coefficient (Wildman–Crippen LogP) is 7.59. The van der Waals surface area contributed by atoms with Crippen molar-refractivity contribution in [1.29, 1.82) is 0 Å². The predicted molar refractivity (Wildman–Crippen MR) is 192 cm³/mol. The van der Waals surface area contributed by atoms with Gasteiger partial charge < -0.3 is 14.9 Å². The second kappa shape index (κ2) is 11.0. The van der Waals surface area contributed by atoms with Crippen molar-refractivity contribution >= 4 is 29.3 Å². The highest BCUT2D eigenvalue weighted by Gasteiger charge is 2.47. The van der Waals surface area contributed by atoms with Gasteiger partial charge in [0, 0.05) is 7.05 Å². The van der Waals surface area contributed by atoms with Gasteiger partial charge in [-0.1, -0.05) is 54.1 Å². The van der Waals surface area contributed by atoms with Gasteiger partial charge in [0.15, 0.2) is 0 Å². The third-order valence-electron chi connectivity index (χ3n) is 10.3. The first-order chi connectivity index (χ1) is 25.1. The van der Waals surface area contributed by atoms with Crippen molar-refractivity contribution in [2.45, 2.75) is 12.3 Å². The van der Waals surface area contributed by atoms with Gasteiger partial charge in [-0.2, -0.15) is 0 Å². The Balaban J connectivity index is 1.09. The second-order valence-corrected chi connectivity index (χ2v) is 13.3. The molecule has 0 saturated heterocycles. The van der Waals surface area contributed by atoms with E-state index in [2.05, 4.69) is 0 Å². The molecule has 9 rings (SSSR count). The van der Waals surface area contributed by atoms with Crippen LogP contribution in [-0.2, 0) is 5.41 Å². The number of benzene rings is 6. The van der Waals surface area contributed by atoms with Gasteiger partial charge in [-0.25, -0.2) is 4.90 Å². The van der Waals surface area contributed by atoms with Gasteiger partial charge in [0.25, 0.3) is 23.6 Å². The van der Waals surface area contributed by atoms with E-state index in [1.165, 1.54) is 31.3 Å². The normalized spacial score (nSPS) is 15.1. The van der Waals surface area contributed by atoms with Crippen LogP contribution in [-0.4, -0.2) is 45.8 Å². The summed E-state index contributed by atoms with van der Waals surface area (Å²) < 4.78 is 5.98. The largest absolute Gasteiger partial charge is 0.508 e. The zero-order chi connectivity index (χ0) is 36.1. The standard InChI is InChI=1S/C43H28N2O7/c1-23-3-5-24(6-4-23)43(37-19-27(46)11-15-31(37)32-16-12-28(47)20-38(32)43)25-7-9-26(10-8-25)45-41(50)34-18-14-30(22-36(34)42(45)51)52-29-13-17-33-35(21-29)40(49)44(2)39(33)48/h3-22,46-47H,1-2H3. The molecule has 52 heavy (non-hydrogen) atoms. The van der Waals surface area contributed by atoms with Gasteiger partial charge in [-0.3, -0.25) is 24.1 Å². The molecule has 9 nitrogen and oxygen atoms in total. The van der Waals surface area contributed by atoms with Crippen molar-refractivity contribution in [2.24, 2.45) is 0 Å². The van der Waals surface area contributed by atoms with Crippen LogP contribution in [0.15, 0.2) is 121 Å². The molecule has 0 radical (unpaired) electrons. The molecule has 2 N–H and O–H groups in total. The topological polar surface area (TPSA) is 124 Å². The number of carbonyl (C=O) groups excluding carboxylic acids is 4. The van der Waals surface area contributed by atoms with E-state index in [1.54, 1.807) is 48.5 Å². The maximum absolute atomic E-state index is 13.8. The number of amides is 4. The highest BCUT2D eigenvalue weighted by molar-refractivity contribution is 6.34. The van der Waals surface area contributed by atoms with E-state index in [1.807, 2.05) is 55.5 Å². The number of imide groups is 2. The van der Waals surface area contributed by atoms with Crippen molar-refractivity contribution in [1.82, 2.24) is 4.90 Å². The average molecular weight is 685 g/mol. The minimum absolute atomic E-state index is 0.102. The van der Waals surface area contributed by atoms with Gasteiger partial charge in [0.1, 0.15) is 23.0 Å². The first-order valence-corrected chi connectivity index (χ1v) is 16.6. The Morgan fingerprint density at radius 1 is 0.500 bits per heavy atom. The van der Waals surface area contributed by atoms with Crippen molar-refractivity contribution < 1.29 is 34.1 Å². The fourth-order valence-electron chi connectivity index (χ4n) is 7.81. The molecule has 252 valence electrons. The van der Waals surface area contributed by atoms with Gasteiger partial charge in [-0.15, -0.1) is 0 Å². The molecule has 4 amide bonds. The van der Waals surface area contributed by atoms with Crippen molar-refractivity contribution in [2.75, 3.05) is 11.9 Å². The molecule has 3 aliphatic rings. The Bertz CT molecular complexity index is 2520. The van der Waals surface area contributed by atoms with Gasteiger partial charge in [-0.05, 0) is 113 Å². The number of hydrogen-bond acceptors (Lipinski definition) is 7. The Kier molecular flexibility index (Phi) is 6.56. The van der Waals surface area contributed by atoms with E-state index >= 15 is 0 Å². The lowest BCUT2D eigenvalue weighted by Crippen LogP contribution is -2.30.